The molecular weight excluding hydrogens is 279 g/mol. The Bertz CT molecular complexity index is 527. The van der Waals surface area contributed by atoms with Gasteiger partial charge in [0.05, 0.1) is 6.20 Å². The molecule has 1 aromatic heterocycles. The van der Waals surface area contributed by atoms with Gasteiger partial charge in [0.25, 0.3) is 0 Å². The van der Waals surface area contributed by atoms with Crippen molar-refractivity contribution >= 4 is 11.8 Å². The Morgan fingerprint density at radius 1 is 1.45 bits per heavy atom. The second-order valence-corrected chi connectivity index (χ2v) is 4.45. The van der Waals surface area contributed by atoms with E-state index in [0.29, 0.717) is 25.6 Å². The number of carbonyl (C=O) groups is 2. The fraction of sp³-hybridized carbons (Fsp3) is 0.600. The standard InChI is InChI=1S/C10H12F3N5O2/c11-10(12,13)7-4-17(16-15-7)5-8(19)18-3-1-2-6(18)9(14)20/h4,6H,1-3,5H2,(H2,14,20). The highest BCUT2D eigenvalue weighted by atomic mass is 19.4. The van der Waals surface area contributed by atoms with Crippen LogP contribution in [0.25, 0.3) is 0 Å². The van der Waals surface area contributed by atoms with E-state index in [9.17, 15) is 22.8 Å². The Kier molecular flexibility index (Phi) is 3.64. The van der Waals surface area contributed by atoms with Crippen molar-refractivity contribution in [3.05, 3.63) is 11.9 Å². The van der Waals surface area contributed by atoms with Crippen LogP contribution in [-0.2, 0) is 22.3 Å². The molecule has 1 aliphatic heterocycles. The molecule has 2 rings (SSSR count). The lowest BCUT2D eigenvalue weighted by Crippen LogP contribution is -2.45. The molecular formula is C10H12F3N5O2. The van der Waals surface area contributed by atoms with Crippen molar-refractivity contribution in [3.8, 4) is 0 Å². The Balaban J connectivity index is 2.05. The van der Waals surface area contributed by atoms with Crippen LogP contribution in [0.15, 0.2) is 6.20 Å². The van der Waals surface area contributed by atoms with Crippen LogP contribution in [0, 0.1) is 0 Å². The van der Waals surface area contributed by atoms with Gasteiger partial charge >= 0.3 is 6.18 Å². The maximum absolute atomic E-state index is 12.3. The van der Waals surface area contributed by atoms with E-state index in [0.717, 1.165) is 4.68 Å². The molecule has 1 saturated heterocycles. The van der Waals surface area contributed by atoms with Gasteiger partial charge in [-0.2, -0.15) is 13.2 Å². The molecule has 0 aromatic carbocycles. The van der Waals surface area contributed by atoms with E-state index < -0.39 is 36.3 Å². The fourth-order valence-corrected chi connectivity index (χ4v) is 2.10. The second-order valence-electron chi connectivity index (χ2n) is 4.45. The lowest BCUT2D eigenvalue weighted by Gasteiger charge is -2.21. The summed E-state index contributed by atoms with van der Waals surface area (Å²) in [4.78, 5) is 24.3. The molecule has 1 aliphatic rings. The first-order valence-corrected chi connectivity index (χ1v) is 5.85. The van der Waals surface area contributed by atoms with Crippen LogP contribution in [0.1, 0.15) is 18.5 Å². The van der Waals surface area contributed by atoms with E-state index >= 15 is 0 Å². The van der Waals surface area contributed by atoms with Gasteiger partial charge in [-0.15, -0.1) is 5.10 Å². The molecule has 1 fully saturated rings. The van der Waals surface area contributed by atoms with Gasteiger partial charge < -0.3 is 10.6 Å². The zero-order valence-electron chi connectivity index (χ0n) is 10.3. The summed E-state index contributed by atoms with van der Waals surface area (Å²) >= 11 is 0. The summed E-state index contributed by atoms with van der Waals surface area (Å²) in [7, 11) is 0. The zero-order valence-corrected chi connectivity index (χ0v) is 10.3. The van der Waals surface area contributed by atoms with Crippen molar-refractivity contribution in [1.82, 2.24) is 19.9 Å². The molecule has 1 atom stereocenters. The number of rotatable bonds is 3. The van der Waals surface area contributed by atoms with Crippen molar-refractivity contribution in [3.63, 3.8) is 0 Å². The van der Waals surface area contributed by atoms with Crippen LogP contribution in [0.2, 0.25) is 0 Å². The van der Waals surface area contributed by atoms with Gasteiger partial charge in [-0.05, 0) is 12.8 Å². The number of aromatic nitrogens is 3. The fourth-order valence-electron chi connectivity index (χ4n) is 2.10. The number of nitrogens with two attached hydrogens (primary N) is 1. The van der Waals surface area contributed by atoms with Gasteiger partial charge in [0, 0.05) is 6.54 Å². The van der Waals surface area contributed by atoms with Gasteiger partial charge in [-0.3, -0.25) is 9.59 Å². The number of nitrogens with zero attached hydrogens (tertiary/aromatic N) is 4. The van der Waals surface area contributed by atoms with Gasteiger partial charge in [0.15, 0.2) is 5.69 Å². The van der Waals surface area contributed by atoms with Crippen molar-refractivity contribution in [2.75, 3.05) is 6.54 Å². The third-order valence-electron chi connectivity index (χ3n) is 3.03. The number of primary amides is 1. The average Bonchev–Trinajstić information content (AvgIpc) is 2.95. The summed E-state index contributed by atoms with van der Waals surface area (Å²) < 4.78 is 37.8. The SMILES string of the molecule is NC(=O)C1CCCN1C(=O)Cn1cc(C(F)(F)F)nn1. The number of alkyl halides is 3. The van der Waals surface area contributed by atoms with Crippen molar-refractivity contribution in [2.24, 2.45) is 5.73 Å². The molecule has 7 nitrogen and oxygen atoms in total. The summed E-state index contributed by atoms with van der Waals surface area (Å²) in [5.74, 6) is -1.13. The number of hydrogen-bond acceptors (Lipinski definition) is 4. The molecule has 0 bridgehead atoms. The van der Waals surface area contributed by atoms with E-state index in [1.807, 2.05) is 0 Å². The Hall–Kier alpha value is -2.13. The first-order valence-electron chi connectivity index (χ1n) is 5.85. The average molecular weight is 291 g/mol. The summed E-state index contributed by atoms with van der Waals surface area (Å²) in [5, 5.41) is 6.19. The van der Waals surface area contributed by atoms with Crippen LogP contribution in [0.3, 0.4) is 0 Å². The second kappa shape index (κ2) is 5.10. The molecule has 2 N–H and O–H groups in total. The molecule has 1 unspecified atom stereocenters. The Labute approximate surface area is 111 Å². The minimum absolute atomic E-state index is 0.354. The molecule has 0 radical (unpaired) electrons. The lowest BCUT2D eigenvalue weighted by atomic mass is 10.2. The van der Waals surface area contributed by atoms with Crippen molar-refractivity contribution in [1.29, 1.82) is 0 Å². The van der Waals surface area contributed by atoms with E-state index in [1.54, 1.807) is 0 Å². The number of likely N-dealkylation sites (tertiary alicyclic amines) is 1. The number of carbonyl (C=O) groups excluding carboxylic acids is 2. The normalized spacial score (nSPS) is 19.4. The van der Waals surface area contributed by atoms with E-state index in [4.69, 9.17) is 5.73 Å². The summed E-state index contributed by atoms with van der Waals surface area (Å²) in [6.07, 6.45) is -2.87. The molecule has 20 heavy (non-hydrogen) atoms. The minimum Gasteiger partial charge on any atom is -0.368 e. The topological polar surface area (TPSA) is 94.1 Å². The minimum atomic E-state index is -4.61. The summed E-state index contributed by atoms with van der Waals surface area (Å²) in [6, 6.07) is -0.701. The van der Waals surface area contributed by atoms with Crippen LogP contribution >= 0.6 is 0 Å². The molecule has 0 saturated carbocycles. The molecule has 0 spiro atoms. The maximum atomic E-state index is 12.3. The first-order chi connectivity index (χ1) is 9.29. The van der Waals surface area contributed by atoms with Gasteiger partial charge in [0.1, 0.15) is 12.6 Å². The smallest absolute Gasteiger partial charge is 0.368 e. The third-order valence-corrected chi connectivity index (χ3v) is 3.03. The monoisotopic (exact) mass is 291 g/mol. The maximum Gasteiger partial charge on any atom is 0.436 e. The number of halogens is 3. The highest BCUT2D eigenvalue weighted by Gasteiger charge is 2.36. The Morgan fingerprint density at radius 2 is 2.15 bits per heavy atom. The van der Waals surface area contributed by atoms with Crippen LogP contribution < -0.4 is 5.73 Å². The summed E-state index contributed by atoms with van der Waals surface area (Å²) in [5.41, 5.74) is 4.00. The van der Waals surface area contributed by atoms with Crippen molar-refractivity contribution < 1.29 is 22.8 Å². The molecule has 110 valence electrons. The van der Waals surface area contributed by atoms with E-state index in [-0.39, 0.29) is 0 Å². The predicted octanol–water partition coefficient (Wildman–Crippen LogP) is -0.227. The number of amides is 2. The van der Waals surface area contributed by atoms with Crippen LogP contribution in [-0.4, -0.2) is 44.3 Å². The predicted molar refractivity (Wildman–Crippen MR) is 59.0 cm³/mol. The van der Waals surface area contributed by atoms with Crippen LogP contribution in [0.4, 0.5) is 13.2 Å². The van der Waals surface area contributed by atoms with Gasteiger partial charge in [-0.25, -0.2) is 4.68 Å². The van der Waals surface area contributed by atoms with E-state index in [2.05, 4.69) is 10.3 Å². The quantitative estimate of drug-likeness (QED) is 0.832. The Morgan fingerprint density at radius 3 is 2.70 bits per heavy atom. The van der Waals surface area contributed by atoms with Gasteiger partial charge in [0.2, 0.25) is 11.8 Å². The zero-order chi connectivity index (χ0) is 14.9. The highest BCUT2D eigenvalue weighted by molar-refractivity contribution is 5.87. The lowest BCUT2D eigenvalue weighted by molar-refractivity contribution is -0.141. The largest absolute Gasteiger partial charge is 0.436 e. The van der Waals surface area contributed by atoms with E-state index in [1.165, 1.54) is 4.90 Å². The summed E-state index contributed by atoms with van der Waals surface area (Å²) in [6.45, 7) is -0.0554. The van der Waals surface area contributed by atoms with Crippen molar-refractivity contribution in [2.45, 2.75) is 31.6 Å². The molecule has 2 heterocycles. The first kappa shape index (κ1) is 14.3. The van der Waals surface area contributed by atoms with Gasteiger partial charge in [-0.1, -0.05) is 5.21 Å². The van der Waals surface area contributed by atoms with Crippen LogP contribution in [0.5, 0.6) is 0 Å². The molecule has 1 aromatic rings. The molecule has 10 heteroatoms. The third kappa shape index (κ3) is 2.89. The molecule has 0 aliphatic carbocycles. The molecule has 2 amide bonds. The number of hydrogen-bond donors (Lipinski definition) is 1. The highest BCUT2D eigenvalue weighted by Crippen LogP contribution is 2.26.